The van der Waals surface area contributed by atoms with E-state index in [1.165, 1.54) is 10.7 Å². The molecule has 0 saturated heterocycles. The Bertz CT molecular complexity index is 1260. The van der Waals surface area contributed by atoms with Gasteiger partial charge in [0.1, 0.15) is 17.6 Å². The Morgan fingerprint density at radius 1 is 1.05 bits per heavy atom. The van der Waals surface area contributed by atoms with E-state index in [0.717, 1.165) is 64.4 Å². The number of carbonyl (C=O) groups is 1. The molecule has 4 aliphatic rings. The average Bonchev–Trinajstić information content (AvgIpc) is 3.39. The van der Waals surface area contributed by atoms with Crippen molar-refractivity contribution in [1.29, 1.82) is 0 Å². The summed E-state index contributed by atoms with van der Waals surface area (Å²) in [7, 11) is 1.83. The average molecular weight is 526 g/mol. The first-order valence-corrected chi connectivity index (χ1v) is 14.6. The molecule has 208 valence electrons. The van der Waals surface area contributed by atoms with Crippen molar-refractivity contribution in [3.05, 3.63) is 24.0 Å². The van der Waals surface area contributed by atoms with Gasteiger partial charge in [0.05, 0.1) is 12.2 Å². The number of rotatable bonds is 5. The van der Waals surface area contributed by atoms with Gasteiger partial charge in [-0.3, -0.25) is 4.79 Å². The number of aliphatic hydroxyl groups is 1. The van der Waals surface area contributed by atoms with Gasteiger partial charge in [-0.25, -0.2) is 9.07 Å². The fraction of sp³-hybridized carbons (Fsp3) is 0.774. The molecule has 0 bridgehead atoms. The number of methoxy groups -OCH3 is 1. The zero-order valence-corrected chi connectivity index (χ0v) is 23.7. The second-order valence-electron chi connectivity index (χ2n) is 14.3. The number of para-hydroxylation sites is 1. The Labute approximate surface area is 225 Å². The summed E-state index contributed by atoms with van der Waals surface area (Å²) in [5.74, 6) is 0.679. The third-order valence-corrected chi connectivity index (χ3v) is 12.8. The fourth-order valence-corrected chi connectivity index (χ4v) is 10.6. The van der Waals surface area contributed by atoms with E-state index in [0.29, 0.717) is 22.9 Å². The Kier molecular flexibility index (Phi) is 5.94. The number of fused-ring (bicyclic) bond motifs is 6. The lowest BCUT2D eigenvalue weighted by Gasteiger charge is -2.71. The van der Waals surface area contributed by atoms with E-state index >= 15 is 0 Å². The third kappa shape index (κ3) is 3.39. The number of aromatic nitrogens is 3. The number of ketones is 1. The van der Waals surface area contributed by atoms with Crippen LogP contribution in [0, 0.1) is 45.2 Å². The van der Waals surface area contributed by atoms with Gasteiger partial charge in [-0.15, -0.1) is 5.10 Å². The molecule has 0 aliphatic heterocycles. The minimum Gasteiger partial charge on any atom is -0.390 e. The highest BCUT2D eigenvalue weighted by molar-refractivity contribution is 5.84. The van der Waals surface area contributed by atoms with E-state index in [4.69, 9.17) is 4.74 Å². The lowest BCUT2D eigenvalue weighted by atomic mass is 9.34. The van der Waals surface area contributed by atoms with Crippen LogP contribution in [0.5, 0.6) is 0 Å². The second-order valence-corrected chi connectivity index (χ2v) is 14.3. The van der Waals surface area contributed by atoms with E-state index in [2.05, 4.69) is 31.1 Å². The van der Waals surface area contributed by atoms with Crippen molar-refractivity contribution >= 4 is 16.8 Å². The summed E-state index contributed by atoms with van der Waals surface area (Å²) in [6, 6.07) is 4.76. The van der Waals surface area contributed by atoms with Crippen LogP contribution in [0.4, 0.5) is 4.39 Å². The van der Waals surface area contributed by atoms with Crippen LogP contribution in [0.2, 0.25) is 0 Å². The summed E-state index contributed by atoms with van der Waals surface area (Å²) in [6.45, 7) is 10.2. The molecule has 0 unspecified atom stereocenters. The summed E-state index contributed by atoms with van der Waals surface area (Å²) in [4.78, 5) is 13.9. The predicted molar refractivity (Wildman–Crippen MR) is 144 cm³/mol. The number of hydrogen-bond donors (Lipinski definition) is 1. The molecule has 0 amide bonds. The van der Waals surface area contributed by atoms with Gasteiger partial charge in [-0.1, -0.05) is 32.1 Å². The fourth-order valence-electron chi connectivity index (χ4n) is 10.6. The van der Waals surface area contributed by atoms with Crippen LogP contribution in [0.1, 0.15) is 85.5 Å². The molecule has 0 radical (unpaired) electrons. The molecule has 7 heteroatoms. The highest BCUT2D eigenvalue weighted by atomic mass is 19.1. The Balaban J connectivity index is 1.31. The van der Waals surface area contributed by atoms with Crippen LogP contribution in [-0.2, 0) is 16.1 Å². The van der Waals surface area contributed by atoms with Crippen molar-refractivity contribution < 1.29 is 19.0 Å². The zero-order chi connectivity index (χ0) is 27.1. The number of hydrogen-bond acceptors (Lipinski definition) is 5. The number of ether oxygens (including phenoxy) is 1. The van der Waals surface area contributed by atoms with Crippen molar-refractivity contribution in [3.63, 3.8) is 0 Å². The first-order chi connectivity index (χ1) is 17.9. The van der Waals surface area contributed by atoms with Gasteiger partial charge < -0.3 is 9.84 Å². The minimum atomic E-state index is -0.589. The summed E-state index contributed by atoms with van der Waals surface area (Å²) in [6.07, 6.45) is 8.96. The highest BCUT2D eigenvalue weighted by Crippen LogP contribution is 2.77. The van der Waals surface area contributed by atoms with Crippen LogP contribution < -0.4 is 0 Å². The van der Waals surface area contributed by atoms with E-state index in [-0.39, 0.29) is 45.7 Å². The van der Waals surface area contributed by atoms with E-state index in [1.54, 1.807) is 12.1 Å². The number of nitrogens with zero attached hydrogens (tertiary/aromatic N) is 3. The molecule has 0 spiro atoms. The molecular formula is C31H44FN3O3. The normalized spacial score (nSPS) is 44.4. The van der Waals surface area contributed by atoms with Crippen molar-refractivity contribution in [2.24, 2.45) is 39.4 Å². The molecule has 4 saturated carbocycles. The molecule has 6 rings (SSSR count). The Morgan fingerprint density at radius 3 is 2.58 bits per heavy atom. The van der Waals surface area contributed by atoms with Gasteiger partial charge >= 0.3 is 0 Å². The maximum Gasteiger partial charge on any atom is 0.158 e. The molecule has 8 atom stereocenters. The van der Waals surface area contributed by atoms with Gasteiger partial charge in [0.25, 0.3) is 0 Å². The third-order valence-electron chi connectivity index (χ3n) is 12.8. The minimum absolute atomic E-state index is 0.0433. The molecular weight excluding hydrogens is 481 g/mol. The topological polar surface area (TPSA) is 77.2 Å². The molecule has 1 aromatic heterocycles. The summed E-state index contributed by atoms with van der Waals surface area (Å²) in [5, 5.41) is 19.2. The highest BCUT2D eigenvalue weighted by Gasteiger charge is 2.71. The van der Waals surface area contributed by atoms with Gasteiger partial charge in [0, 0.05) is 18.4 Å². The van der Waals surface area contributed by atoms with Crippen molar-refractivity contribution in [3.8, 4) is 0 Å². The van der Waals surface area contributed by atoms with E-state index < -0.39 is 5.60 Å². The quantitative estimate of drug-likeness (QED) is 0.522. The molecule has 6 nitrogen and oxygen atoms in total. The predicted octanol–water partition coefficient (Wildman–Crippen LogP) is 5.96. The molecule has 38 heavy (non-hydrogen) atoms. The van der Waals surface area contributed by atoms with Gasteiger partial charge in [0.2, 0.25) is 0 Å². The lowest BCUT2D eigenvalue weighted by molar-refractivity contribution is -0.242. The Morgan fingerprint density at radius 2 is 1.82 bits per heavy atom. The van der Waals surface area contributed by atoms with Gasteiger partial charge in [-0.2, -0.15) is 0 Å². The summed E-state index contributed by atoms with van der Waals surface area (Å²) < 4.78 is 22.0. The first-order valence-electron chi connectivity index (χ1n) is 14.6. The standard InChI is InChI=1S/C31H44FN3O3/c1-27(37)13-16-31(19-38-5)20(17-27)9-10-25-29(3)12-11-21(28(29,2)14-15-30(25,31)4)24(36)18-35-26-22(32)7-6-8-23(26)33-34-35/h6-8,20-21,25,37H,9-19H2,1-5H3/t20-,21-,25+,27-,28-,29+,30+,31-/m1/s1. The van der Waals surface area contributed by atoms with Crippen LogP contribution >= 0.6 is 0 Å². The van der Waals surface area contributed by atoms with Crippen molar-refractivity contribution in [2.45, 2.75) is 97.6 Å². The first kappa shape index (κ1) is 26.4. The van der Waals surface area contributed by atoms with Crippen LogP contribution in [-0.4, -0.2) is 45.2 Å². The SMILES string of the molecule is COC[C@]12CC[C@@](C)(O)C[C@H]1CC[C@@H]1[C@]2(C)CC[C@]2(C)[C@@H](C(=O)Cn3nnc4cccc(F)c43)CC[C@@]12C. The van der Waals surface area contributed by atoms with Crippen LogP contribution in [0.15, 0.2) is 18.2 Å². The van der Waals surface area contributed by atoms with E-state index in [9.17, 15) is 14.3 Å². The zero-order valence-electron chi connectivity index (χ0n) is 23.7. The summed E-state index contributed by atoms with van der Waals surface area (Å²) >= 11 is 0. The Hall–Kier alpha value is -1.86. The monoisotopic (exact) mass is 525 g/mol. The number of halogens is 1. The van der Waals surface area contributed by atoms with E-state index in [1.807, 2.05) is 14.0 Å². The molecule has 1 N–H and O–H groups in total. The van der Waals surface area contributed by atoms with Crippen LogP contribution in [0.25, 0.3) is 11.0 Å². The maximum atomic E-state index is 14.6. The molecule has 4 aliphatic carbocycles. The molecule has 4 fully saturated rings. The lowest BCUT2D eigenvalue weighted by Crippen LogP contribution is -2.66. The molecule has 1 aromatic carbocycles. The number of benzene rings is 1. The largest absolute Gasteiger partial charge is 0.390 e. The number of carbonyl (C=O) groups excluding carboxylic acids is 1. The smallest absolute Gasteiger partial charge is 0.158 e. The molecule has 2 aromatic rings. The van der Waals surface area contributed by atoms with Gasteiger partial charge in [0.15, 0.2) is 11.6 Å². The van der Waals surface area contributed by atoms with Crippen molar-refractivity contribution in [2.75, 3.05) is 13.7 Å². The second kappa shape index (κ2) is 8.57. The maximum absolute atomic E-state index is 14.6. The summed E-state index contributed by atoms with van der Waals surface area (Å²) in [5.41, 5.74) is 0.327. The van der Waals surface area contributed by atoms with Gasteiger partial charge in [-0.05, 0) is 105 Å². The van der Waals surface area contributed by atoms with Crippen LogP contribution in [0.3, 0.4) is 0 Å². The number of Topliss-reactive ketones (excluding diaryl/α,β-unsaturated/α-hetero) is 1. The van der Waals surface area contributed by atoms with Crippen molar-refractivity contribution in [1.82, 2.24) is 15.0 Å². The molecule has 1 heterocycles.